The highest BCUT2D eigenvalue weighted by molar-refractivity contribution is 6.09. The van der Waals surface area contributed by atoms with Crippen LogP contribution in [0.2, 0.25) is 0 Å². The first kappa shape index (κ1) is 25.5. The Morgan fingerprint density at radius 2 is 1.83 bits per heavy atom. The monoisotopic (exact) mass is 505 g/mol. The van der Waals surface area contributed by atoms with Crippen LogP contribution in [0, 0.1) is 11.3 Å². The quantitative estimate of drug-likeness (QED) is 0.346. The first-order chi connectivity index (χ1) is 16.9. The van der Waals surface area contributed by atoms with Gasteiger partial charge in [0.1, 0.15) is 5.41 Å². The second-order valence-electron chi connectivity index (χ2n) is 9.06. The number of halogens is 3. The number of alkyl halides is 3. The van der Waals surface area contributed by atoms with E-state index in [4.69, 9.17) is 5.73 Å². The van der Waals surface area contributed by atoms with Crippen LogP contribution in [0.15, 0.2) is 48.5 Å². The average Bonchev–Trinajstić information content (AvgIpc) is 3.47. The minimum atomic E-state index is -4.51. The lowest BCUT2D eigenvalue weighted by Crippen LogP contribution is -2.61. The minimum absolute atomic E-state index is 0.000715. The number of carbonyl (C=O) groups is 3. The van der Waals surface area contributed by atoms with Gasteiger partial charge in [-0.15, -0.1) is 0 Å². The lowest BCUT2D eigenvalue weighted by Gasteiger charge is -2.33. The molecule has 2 aliphatic rings. The van der Waals surface area contributed by atoms with Crippen LogP contribution in [-0.4, -0.2) is 53.6 Å². The Hall–Kier alpha value is -3.64. The first-order valence-electron chi connectivity index (χ1n) is 11.2. The summed E-state index contributed by atoms with van der Waals surface area (Å²) in [6.45, 7) is 0.847. The molecule has 2 amide bonds. The summed E-state index contributed by atoms with van der Waals surface area (Å²) in [5.74, 6) is -3.58. The average molecular weight is 505 g/mol. The van der Waals surface area contributed by atoms with Gasteiger partial charge in [-0.05, 0) is 43.3 Å². The number of carboxylic acid groups (broad SMARTS) is 1. The molecule has 4 rings (SSSR count). The van der Waals surface area contributed by atoms with Crippen molar-refractivity contribution in [2.45, 2.75) is 24.8 Å². The van der Waals surface area contributed by atoms with Crippen molar-refractivity contribution in [2.75, 3.05) is 25.5 Å². The molecule has 0 bridgehead atoms. The number of benzene rings is 2. The number of aliphatic carboxylic acids is 1. The number of hydrogen-bond donors (Lipinski definition) is 5. The fraction of sp³-hybridized carbons (Fsp3) is 0.375. The molecule has 3 unspecified atom stereocenters. The number of carbonyl (C=O) groups excluding carboxylic acids is 2. The fourth-order valence-corrected chi connectivity index (χ4v) is 4.95. The van der Waals surface area contributed by atoms with Gasteiger partial charge in [-0.2, -0.15) is 13.2 Å². The number of rotatable bonds is 8. The van der Waals surface area contributed by atoms with Crippen LogP contribution >= 0.6 is 0 Å². The smallest absolute Gasteiger partial charge is 0.418 e. The lowest BCUT2D eigenvalue weighted by molar-refractivity contribution is -0.153. The van der Waals surface area contributed by atoms with E-state index in [2.05, 4.69) is 16.0 Å². The number of likely N-dealkylation sites (N-methyl/N-ethyl adjacent to an activating group) is 1. The Balaban J connectivity index is 1.43. The highest BCUT2D eigenvalue weighted by atomic mass is 19.4. The van der Waals surface area contributed by atoms with Gasteiger partial charge in [-0.3, -0.25) is 19.8 Å². The molecule has 1 heterocycles. The molecule has 0 radical (unpaired) electrons. The van der Waals surface area contributed by atoms with Crippen molar-refractivity contribution < 1.29 is 32.7 Å². The summed E-state index contributed by atoms with van der Waals surface area (Å²) in [6.07, 6.45) is -4.51. The number of amides is 2. The summed E-state index contributed by atoms with van der Waals surface area (Å²) in [6, 6.07) is 11.5. The molecule has 9 nitrogen and oxygen atoms in total. The molecule has 36 heavy (non-hydrogen) atoms. The van der Waals surface area contributed by atoms with Crippen LogP contribution in [0.5, 0.6) is 0 Å². The number of para-hydroxylation sites is 1. The van der Waals surface area contributed by atoms with Crippen LogP contribution in [-0.2, 0) is 27.1 Å². The highest BCUT2D eigenvalue weighted by Crippen LogP contribution is 2.59. The number of carboxylic acids is 1. The molecular formula is C24H26F3N5O4. The van der Waals surface area contributed by atoms with Crippen molar-refractivity contribution in [1.29, 1.82) is 0 Å². The van der Waals surface area contributed by atoms with Crippen molar-refractivity contribution >= 4 is 29.2 Å². The van der Waals surface area contributed by atoms with Gasteiger partial charge < -0.3 is 21.5 Å². The van der Waals surface area contributed by atoms with Crippen LogP contribution in [0.25, 0.3) is 0 Å². The maximum absolute atomic E-state index is 13.2. The van der Waals surface area contributed by atoms with Gasteiger partial charge in [0.15, 0.2) is 5.66 Å². The van der Waals surface area contributed by atoms with E-state index >= 15 is 0 Å². The summed E-state index contributed by atoms with van der Waals surface area (Å²) in [7, 11) is 1.61. The molecule has 1 saturated heterocycles. The number of nitrogens with zero attached hydrogens (tertiary/aromatic N) is 1. The molecule has 3 atom stereocenters. The molecular weight excluding hydrogens is 479 g/mol. The third-order valence-electron chi connectivity index (χ3n) is 7.00. The highest BCUT2D eigenvalue weighted by Gasteiger charge is 2.75. The van der Waals surface area contributed by atoms with Gasteiger partial charge in [-0.25, -0.2) is 4.79 Å². The third-order valence-corrected chi connectivity index (χ3v) is 7.00. The SMILES string of the molecule is CN1CCNC1(C(=O)O)C1CC1(C(N)=O)C(=O)NCc1ccc(Nc2ccccc2C(F)(F)F)cc1. The molecule has 2 aromatic carbocycles. The zero-order valence-corrected chi connectivity index (χ0v) is 19.4. The van der Waals surface area contributed by atoms with E-state index in [1.165, 1.54) is 18.2 Å². The molecule has 12 heteroatoms. The van der Waals surface area contributed by atoms with Crippen LogP contribution in [0.4, 0.5) is 24.5 Å². The molecule has 1 aliphatic carbocycles. The van der Waals surface area contributed by atoms with Gasteiger partial charge in [0, 0.05) is 31.2 Å². The molecule has 6 N–H and O–H groups in total. The topological polar surface area (TPSA) is 137 Å². The summed E-state index contributed by atoms with van der Waals surface area (Å²) in [5, 5.41) is 18.2. The number of anilines is 2. The van der Waals surface area contributed by atoms with E-state index < -0.39 is 46.5 Å². The molecule has 1 aliphatic heterocycles. The predicted octanol–water partition coefficient (Wildman–Crippen LogP) is 1.87. The Kier molecular flexibility index (Phi) is 6.43. The maximum Gasteiger partial charge on any atom is 0.418 e. The molecule has 2 fully saturated rings. The largest absolute Gasteiger partial charge is 0.479 e. The zero-order valence-electron chi connectivity index (χ0n) is 19.4. The van der Waals surface area contributed by atoms with Crippen molar-refractivity contribution in [1.82, 2.24) is 15.5 Å². The first-order valence-corrected chi connectivity index (χ1v) is 11.2. The number of hydrogen-bond acceptors (Lipinski definition) is 6. The Labute approximate surface area is 204 Å². The molecule has 192 valence electrons. The second-order valence-corrected chi connectivity index (χ2v) is 9.06. The lowest BCUT2D eigenvalue weighted by atomic mass is 9.92. The van der Waals surface area contributed by atoms with Gasteiger partial charge in [0.05, 0.1) is 11.3 Å². The molecule has 2 aromatic rings. The number of nitrogens with one attached hydrogen (secondary N) is 3. The van der Waals surface area contributed by atoms with E-state index in [9.17, 15) is 32.7 Å². The van der Waals surface area contributed by atoms with E-state index in [1.54, 1.807) is 36.2 Å². The van der Waals surface area contributed by atoms with Crippen molar-refractivity contribution in [2.24, 2.45) is 17.1 Å². The maximum atomic E-state index is 13.2. The summed E-state index contributed by atoms with van der Waals surface area (Å²) >= 11 is 0. The normalized spacial score (nSPS) is 25.8. The van der Waals surface area contributed by atoms with Gasteiger partial charge in [0.2, 0.25) is 11.8 Å². The predicted molar refractivity (Wildman–Crippen MR) is 124 cm³/mol. The standard InChI is InChI=1S/C24H26F3N5O4/c1-32-11-10-30-23(32,21(35)36)18-12-22(18,19(28)33)20(34)29-13-14-6-8-15(9-7-14)31-17-5-3-2-4-16(17)24(25,26)27/h2-9,18,30-31H,10-13H2,1H3,(H2,28,33)(H,29,34)(H,35,36). The summed E-state index contributed by atoms with van der Waals surface area (Å²) in [5.41, 5.74) is 2.50. The van der Waals surface area contributed by atoms with Crippen LogP contribution in [0.1, 0.15) is 17.5 Å². The Morgan fingerprint density at radius 1 is 1.17 bits per heavy atom. The zero-order chi connectivity index (χ0) is 26.3. The van der Waals surface area contributed by atoms with E-state index in [0.717, 1.165) is 6.07 Å². The molecule has 0 aromatic heterocycles. The van der Waals surface area contributed by atoms with Crippen molar-refractivity contribution in [3.63, 3.8) is 0 Å². The third kappa shape index (κ3) is 4.26. The van der Waals surface area contributed by atoms with Crippen LogP contribution < -0.4 is 21.7 Å². The molecule has 1 saturated carbocycles. The van der Waals surface area contributed by atoms with E-state index in [1.807, 2.05) is 0 Å². The van der Waals surface area contributed by atoms with Crippen molar-refractivity contribution in [3.8, 4) is 0 Å². The van der Waals surface area contributed by atoms with Gasteiger partial charge in [-0.1, -0.05) is 24.3 Å². The molecule has 0 spiro atoms. The van der Waals surface area contributed by atoms with Gasteiger partial charge >= 0.3 is 12.1 Å². The Morgan fingerprint density at radius 3 is 2.39 bits per heavy atom. The van der Waals surface area contributed by atoms with Crippen molar-refractivity contribution in [3.05, 3.63) is 59.7 Å². The Bertz CT molecular complexity index is 1190. The number of nitrogens with two attached hydrogens (primary N) is 1. The van der Waals surface area contributed by atoms with E-state index in [-0.39, 0.29) is 18.7 Å². The fourth-order valence-electron chi connectivity index (χ4n) is 4.95. The van der Waals surface area contributed by atoms with Crippen LogP contribution in [0.3, 0.4) is 0 Å². The minimum Gasteiger partial charge on any atom is -0.479 e. The summed E-state index contributed by atoms with van der Waals surface area (Å²) < 4.78 is 39.6. The second kappa shape index (κ2) is 9.10. The van der Waals surface area contributed by atoms with Gasteiger partial charge in [0.25, 0.3) is 0 Å². The van der Waals surface area contributed by atoms with E-state index in [0.29, 0.717) is 24.3 Å². The number of primary amides is 1. The summed E-state index contributed by atoms with van der Waals surface area (Å²) in [4.78, 5) is 39.1.